The summed E-state index contributed by atoms with van der Waals surface area (Å²) in [6.07, 6.45) is 12.9. The molecule has 0 saturated carbocycles. The number of halogens is 1. The molecule has 0 bridgehead atoms. The van der Waals surface area contributed by atoms with Crippen LogP contribution >= 0.6 is 0 Å². The molecule has 0 aliphatic heterocycles. The molecule has 0 N–H and O–H groups in total. The summed E-state index contributed by atoms with van der Waals surface area (Å²) < 4.78 is 3.14. The van der Waals surface area contributed by atoms with Crippen LogP contribution in [-0.4, -0.2) is 0 Å². The van der Waals surface area contributed by atoms with Gasteiger partial charge in [-0.1, -0.05) is 0 Å². The van der Waals surface area contributed by atoms with Crippen LogP contribution in [0.1, 0.15) is 29.1 Å². The van der Waals surface area contributed by atoms with Gasteiger partial charge in [-0.05, 0) is 0 Å². The van der Waals surface area contributed by atoms with E-state index in [1.165, 1.54) is 0 Å². The molecule has 78 valence electrons. The molecule has 2 heteroatoms. The summed E-state index contributed by atoms with van der Waals surface area (Å²) in [5.41, 5.74) is 0. The van der Waals surface area contributed by atoms with Crippen molar-refractivity contribution in [1.29, 1.82) is 0 Å². The van der Waals surface area contributed by atoms with Crippen LogP contribution in [-0.2, 0) is 23.2 Å². The van der Waals surface area contributed by atoms with Crippen LogP contribution in [0.2, 0.25) is 0 Å². The molecule has 0 saturated heterocycles. The predicted octanol–water partition coefficient (Wildman–Crippen LogP) is 1.15. The van der Waals surface area contributed by atoms with Crippen molar-refractivity contribution in [3.05, 3.63) is 43.0 Å². The molecule has 0 fully saturated rings. The van der Waals surface area contributed by atoms with Crippen molar-refractivity contribution in [2.45, 2.75) is 27.7 Å². The molecular formula is C12H19ClZr. The summed E-state index contributed by atoms with van der Waals surface area (Å²) in [4.78, 5) is 0. The maximum atomic E-state index is 2.24. The molecule has 0 aliphatic rings. The van der Waals surface area contributed by atoms with Crippen molar-refractivity contribution in [3.8, 4) is 0 Å². The second kappa shape index (κ2) is 11.2. The van der Waals surface area contributed by atoms with Gasteiger partial charge in [-0.2, -0.15) is 0 Å². The molecular weight excluding hydrogens is 271 g/mol. The van der Waals surface area contributed by atoms with E-state index in [1.807, 2.05) is 0 Å². The molecule has 0 nitrogen and oxygen atoms in total. The first kappa shape index (κ1) is 16.6. The van der Waals surface area contributed by atoms with Gasteiger partial charge in [0.2, 0.25) is 0 Å². The second-order valence-corrected chi connectivity index (χ2v) is 7.37. The van der Waals surface area contributed by atoms with Gasteiger partial charge in [-0.25, -0.2) is 0 Å². The Labute approximate surface area is 107 Å². The standard InChI is InChI=1S/2C6H9.ClH.Zr.H/c2*1-3-5-6-4-2;;;/h2*3,5-6H,1-2H3;1H;;/q;;;+2;-1/p-1. The SMILES string of the molecule is CC=CC=[C](C)[Zr+2][C](C)=CC=CC.[Cl-].[H-]. The van der Waals surface area contributed by atoms with Crippen LogP contribution in [0.15, 0.2) is 43.0 Å². The molecule has 0 amide bonds. The van der Waals surface area contributed by atoms with E-state index in [0.29, 0.717) is 0 Å². The third-order valence-electron chi connectivity index (χ3n) is 1.47. The van der Waals surface area contributed by atoms with Gasteiger partial charge in [-0.3, -0.25) is 0 Å². The first-order valence-electron chi connectivity index (χ1n) is 4.57. The van der Waals surface area contributed by atoms with E-state index in [1.54, 1.807) is 6.56 Å². The van der Waals surface area contributed by atoms with Crippen LogP contribution in [0.4, 0.5) is 0 Å². The number of hydrogen-bond donors (Lipinski definition) is 0. The topological polar surface area (TPSA) is 0 Å². The van der Waals surface area contributed by atoms with E-state index in [0.717, 1.165) is 0 Å². The summed E-state index contributed by atoms with van der Waals surface area (Å²) in [6, 6.07) is 0. The first-order valence-corrected chi connectivity index (χ1v) is 7.02. The fraction of sp³-hybridized carbons (Fsp3) is 0.333. The van der Waals surface area contributed by atoms with Gasteiger partial charge in [0.25, 0.3) is 0 Å². The molecule has 0 spiro atoms. The normalized spacial score (nSPS) is 13.1. The maximum Gasteiger partial charge on any atom is -1.00 e. The van der Waals surface area contributed by atoms with Crippen molar-refractivity contribution >= 4 is 0 Å². The summed E-state index contributed by atoms with van der Waals surface area (Å²) in [6.45, 7) is 8.58. The average molecular weight is 290 g/mol. The van der Waals surface area contributed by atoms with E-state index >= 15 is 0 Å². The van der Waals surface area contributed by atoms with Crippen LogP contribution < -0.4 is 12.4 Å². The van der Waals surface area contributed by atoms with Crippen molar-refractivity contribution in [2.24, 2.45) is 0 Å². The fourth-order valence-electron chi connectivity index (χ4n) is 0.875. The van der Waals surface area contributed by atoms with E-state index in [9.17, 15) is 0 Å². The molecule has 0 aliphatic carbocycles. The quantitative estimate of drug-likeness (QED) is 0.681. The molecule has 0 heterocycles. The number of hydrogen-bond acceptors (Lipinski definition) is 0. The summed E-state index contributed by atoms with van der Waals surface area (Å²) in [7, 11) is 0. The van der Waals surface area contributed by atoms with Gasteiger partial charge in [0.15, 0.2) is 0 Å². The molecule has 0 unspecified atom stereocenters. The Morgan fingerprint density at radius 1 is 0.929 bits per heavy atom. The smallest absolute Gasteiger partial charge is 1.00 e. The summed E-state index contributed by atoms with van der Waals surface area (Å²) in [5, 5.41) is 0. The van der Waals surface area contributed by atoms with Gasteiger partial charge >= 0.3 is 93.9 Å². The fourth-order valence-corrected chi connectivity index (χ4v) is 3.29. The Morgan fingerprint density at radius 3 is 1.57 bits per heavy atom. The zero-order valence-corrected chi connectivity index (χ0v) is 12.6. The molecule has 0 rings (SSSR count). The third-order valence-corrected chi connectivity index (χ3v) is 4.23. The number of allylic oxidation sites excluding steroid dienone is 8. The summed E-state index contributed by atoms with van der Waals surface area (Å²) in [5.74, 6) is 0. The maximum absolute atomic E-state index is 2.24. The van der Waals surface area contributed by atoms with Crippen molar-refractivity contribution < 1.29 is 37.1 Å². The molecule has 0 radical (unpaired) electrons. The van der Waals surface area contributed by atoms with E-state index in [2.05, 4.69) is 64.2 Å². The molecule has 0 atom stereocenters. The van der Waals surface area contributed by atoms with E-state index in [4.69, 9.17) is 0 Å². The monoisotopic (exact) mass is 288 g/mol. The van der Waals surface area contributed by atoms with E-state index in [-0.39, 0.29) is 13.8 Å². The Bertz CT molecular complexity index is 226. The van der Waals surface area contributed by atoms with Gasteiger partial charge < -0.3 is 13.8 Å². The van der Waals surface area contributed by atoms with Crippen molar-refractivity contribution in [2.75, 3.05) is 0 Å². The van der Waals surface area contributed by atoms with Crippen LogP contribution in [0.3, 0.4) is 0 Å². The molecule has 0 aromatic rings. The minimum Gasteiger partial charge on any atom is -1.00 e. The Hall–Kier alpha value is 0.133. The second-order valence-electron chi connectivity index (χ2n) is 2.88. The summed E-state index contributed by atoms with van der Waals surface area (Å²) >= 11 is -0.435. The zero-order chi connectivity index (χ0) is 10.1. The minimum absolute atomic E-state index is 0. The number of rotatable bonds is 4. The molecule has 0 aromatic carbocycles. The minimum atomic E-state index is -0.435. The predicted molar refractivity (Wildman–Crippen MR) is 58.3 cm³/mol. The Morgan fingerprint density at radius 2 is 1.29 bits per heavy atom. The molecule has 14 heavy (non-hydrogen) atoms. The molecule has 0 aromatic heterocycles. The van der Waals surface area contributed by atoms with E-state index < -0.39 is 23.2 Å². The van der Waals surface area contributed by atoms with Gasteiger partial charge in [0.05, 0.1) is 0 Å². The van der Waals surface area contributed by atoms with Gasteiger partial charge in [0.1, 0.15) is 0 Å². The third kappa shape index (κ3) is 10.2. The first-order chi connectivity index (χ1) is 6.20. The van der Waals surface area contributed by atoms with Crippen LogP contribution in [0, 0.1) is 0 Å². The van der Waals surface area contributed by atoms with Crippen molar-refractivity contribution in [1.82, 2.24) is 0 Å². The average Bonchev–Trinajstić information content (AvgIpc) is 2.11. The zero-order valence-electron chi connectivity index (χ0n) is 10.3. The largest absolute Gasteiger partial charge is 1.00 e. The van der Waals surface area contributed by atoms with Gasteiger partial charge in [-0.15, -0.1) is 0 Å². The van der Waals surface area contributed by atoms with Crippen molar-refractivity contribution in [3.63, 3.8) is 0 Å². The van der Waals surface area contributed by atoms with Gasteiger partial charge in [0, 0.05) is 0 Å². The Balaban J connectivity index is -0.000000720. The van der Waals surface area contributed by atoms with Crippen LogP contribution in [0.25, 0.3) is 0 Å². The van der Waals surface area contributed by atoms with Crippen LogP contribution in [0.5, 0.6) is 0 Å². The Kier molecular flexibility index (Phi) is 13.3.